The molecule has 0 aromatic carbocycles. The Labute approximate surface area is 124 Å². The maximum atomic E-state index is 4.58. The van der Waals surface area contributed by atoms with E-state index >= 15 is 0 Å². The summed E-state index contributed by atoms with van der Waals surface area (Å²) in [6, 6.07) is 2.39. The summed E-state index contributed by atoms with van der Waals surface area (Å²) in [7, 11) is 0. The van der Waals surface area contributed by atoms with E-state index in [1.807, 2.05) is 20.8 Å². The van der Waals surface area contributed by atoms with Crippen molar-refractivity contribution in [2.24, 2.45) is 0 Å². The van der Waals surface area contributed by atoms with Gasteiger partial charge in [-0.2, -0.15) is 10.2 Å². The molecule has 1 atom stereocenters. The van der Waals surface area contributed by atoms with Crippen molar-refractivity contribution in [2.75, 3.05) is 6.54 Å². The average Bonchev–Trinajstić information content (AvgIpc) is 2.83. The summed E-state index contributed by atoms with van der Waals surface area (Å²) < 4.78 is 0. The van der Waals surface area contributed by atoms with Gasteiger partial charge in [0.05, 0.1) is 22.1 Å². The molecule has 0 amide bonds. The number of nitrogens with zero attached hydrogens (tertiary/aromatic N) is 3. The molecular formula is C15H22N4S. The number of aromatic nitrogens is 3. The van der Waals surface area contributed by atoms with Crippen molar-refractivity contribution in [3.05, 3.63) is 39.1 Å². The van der Waals surface area contributed by atoms with E-state index in [0.717, 1.165) is 41.5 Å². The Bertz CT molecular complexity index is 565. The molecule has 1 N–H and O–H groups in total. The highest BCUT2D eigenvalue weighted by atomic mass is 32.1. The molecule has 4 nitrogen and oxygen atoms in total. The predicted molar refractivity (Wildman–Crippen MR) is 83.1 cm³/mol. The molecule has 2 aromatic heterocycles. The zero-order valence-corrected chi connectivity index (χ0v) is 13.4. The lowest BCUT2D eigenvalue weighted by Crippen LogP contribution is -2.25. The molecule has 0 saturated carbocycles. The van der Waals surface area contributed by atoms with Gasteiger partial charge < -0.3 is 5.32 Å². The minimum atomic E-state index is 0.255. The second kappa shape index (κ2) is 6.90. The third kappa shape index (κ3) is 3.84. The smallest absolute Gasteiger partial charge is 0.0897 e. The van der Waals surface area contributed by atoms with E-state index in [1.165, 1.54) is 5.56 Å². The van der Waals surface area contributed by atoms with Crippen molar-refractivity contribution in [3.63, 3.8) is 0 Å². The third-order valence-electron chi connectivity index (χ3n) is 3.24. The van der Waals surface area contributed by atoms with Crippen LogP contribution < -0.4 is 5.32 Å². The van der Waals surface area contributed by atoms with Gasteiger partial charge in [-0.15, -0.1) is 11.3 Å². The second-order valence-corrected chi connectivity index (χ2v) is 6.16. The van der Waals surface area contributed by atoms with E-state index < -0.39 is 0 Å². The fourth-order valence-electron chi connectivity index (χ4n) is 2.24. The van der Waals surface area contributed by atoms with Gasteiger partial charge in [0.25, 0.3) is 0 Å². The highest BCUT2D eigenvalue weighted by Crippen LogP contribution is 2.22. The van der Waals surface area contributed by atoms with Gasteiger partial charge in [0.15, 0.2) is 0 Å². The molecule has 2 aromatic rings. The molecule has 0 aliphatic rings. The summed E-state index contributed by atoms with van der Waals surface area (Å²) in [6.07, 6.45) is 2.01. The molecule has 108 valence electrons. The minimum Gasteiger partial charge on any atom is -0.310 e. The van der Waals surface area contributed by atoms with Crippen LogP contribution in [0.1, 0.15) is 47.0 Å². The summed E-state index contributed by atoms with van der Waals surface area (Å²) in [4.78, 5) is 4.58. The van der Waals surface area contributed by atoms with E-state index in [0.29, 0.717) is 0 Å². The van der Waals surface area contributed by atoms with Gasteiger partial charge in [-0.05, 0) is 45.4 Å². The number of hydrogen-bond donors (Lipinski definition) is 1. The fourth-order valence-corrected chi connectivity index (χ4v) is 2.87. The first kappa shape index (κ1) is 15.1. The van der Waals surface area contributed by atoms with E-state index in [1.54, 1.807) is 11.3 Å². The number of hydrogen-bond acceptors (Lipinski definition) is 5. The van der Waals surface area contributed by atoms with Gasteiger partial charge in [-0.3, -0.25) is 0 Å². The van der Waals surface area contributed by atoms with Crippen LogP contribution in [0.3, 0.4) is 0 Å². The summed E-state index contributed by atoms with van der Waals surface area (Å²) in [5, 5.41) is 15.2. The first-order valence-electron chi connectivity index (χ1n) is 7.05. The largest absolute Gasteiger partial charge is 0.310 e. The SMILES string of the molecule is CCCNC(Cc1csc(C)n1)c1cc(C)nnc1C. The third-order valence-corrected chi connectivity index (χ3v) is 4.06. The summed E-state index contributed by atoms with van der Waals surface area (Å²) in [6.45, 7) is 9.23. The van der Waals surface area contributed by atoms with Crippen molar-refractivity contribution in [1.82, 2.24) is 20.5 Å². The van der Waals surface area contributed by atoms with E-state index in [-0.39, 0.29) is 6.04 Å². The lowest BCUT2D eigenvalue weighted by molar-refractivity contribution is 0.519. The van der Waals surface area contributed by atoms with Gasteiger partial charge in [0.2, 0.25) is 0 Å². The van der Waals surface area contributed by atoms with E-state index in [9.17, 15) is 0 Å². The van der Waals surface area contributed by atoms with Gasteiger partial charge in [0, 0.05) is 17.8 Å². The van der Waals surface area contributed by atoms with Crippen LogP contribution in [0.25, 0.3) is 0 Å². The van der Waals surface area contributed by atoms with Crippen LogP contribution in [0.4, 0.5) is 0 Å². The average molecular weight is 290 g/mol. The minimum absolute atomic E-state index is 0.255. The summed E-state index contributed by atoms with van der Waals surface area (Å²) in [5.41, 5.74) is 4.34. The van der Waals surface area contributed by atoms with Crippen LogP contribution in [0.2, 0.25) is 0 Å². The quantitative estimate of drug-likeness (QED) is 0.888. The molecule has 20 heavy (non-hydrogen) atoms. The standard InChI is InChI=1S/C15H22N4S/c1-5-6-16-15(8-13-9-20-12(4)17-13)14-7-10(2)18-19-11(14)3/h7,9,15-16H,5-6,8H2,1-4H3. The maximum absolute atomic E-state index is 4.58. The highest BCUT2D eigenvalue weighted by molar-refractivity contribution is 7.09. The van der Waals surface area contributed by atoms with Crippen LogP contribution in [-0.4, -0.2) is 21.7 Å². The van der Waals surface area contributed by atoms with Crippen LogP contribution in [0.5, 0.6) is 0 Å². The topological polar surface area (TPSA) is 50.7 Å². The van der Waals surface area contributed by atoms with Gasteiger partial charge in [-0.1, -0.05) is 6.92 Å². The second-order valence-electron chi connectivity index (χ2n) is 5.10. The van der Waals surface area contributed by atoms with Gasteiger partial charge in [0.1, 0.15) is 0 Å². The lowest BCUT2D eigenvalue weighted by Gasteiger charge is -2.19. The van der Waals surface area contributed by atoms with Crippen LogP contribution in [0.15, 0.2) is 11.4 Å². The molecule has 0 saturated heterocycles. The Morgan fingerprint density at radius 3 is 2.70 bits per heavy atom. The van der Waals surface area contributed by atoms with E-state index in [4.69, 9.17) is 0 Å². The molecule has 2 rings (SSSR count). The molecule has 0 aliphatic heterocycles. The number of rotatable bonds is 6. The Morgan fingerprint density at radius 2 is 2.05 bits per heavy atom. The molecule has 0 bridgehead atoms. The summed E-state index contributed by atoms with van der Waals surface area (Å²) >= 11 is 1.71. The molecule has 2 heterocycles. The lowest BCUT2D eigenvalue weighted by atomic mass is 10.0. The molecule has 0 aliphatic carbocycles. The molecule has 0 fully saturated rings. The van der Waals surface area contributed by atoms with Gasteiger partial charge in [-0.25, -0.2) is 4.98 Å². The Morgan fingerprint density at radius 1 is 1.25 bits per heavy atom. The molecule has 0 spiro atoms. The fraction of sp³-hybridized carbons (Fsp3) is 0.533. The Hall–Kier alpha value is -1.33. The first-order chi connectivity index (χ1) is 9.60. The van der Waals surface area contributed by atoms with Crippen LogP contribution >= 0.6 is 11.3 Å². The Kier molecular flexibility index (Phi) is 5.20. The van der Waals surface area contributed by atoms with Crippen molar-refractivity contribution in [2.45, 2.75) is 46.6 Å². The maximum Gasteiger partial charge on any atom is 0.0897 e. The molecule has 5 heteroatoms. The Balaban J connectivity index is 2.24. The number of aryl methyl sites for hydroxylation is 3. The summed E-state index contributed by atoms with van der Waals surface area (Å²) in [5.74, 6) is 0. The van der Waals surface area contributed by atoms with Crippen molar-refractivity contribution in [1.29, 1.82) is 0 Å². The highest BCUT2D eigenvalue weighted by Gasteiger charge is 2.16. The van der Waals surface area contributed by atoms with E-state index in [2.05, 4.69) is 38.9 Å². The number of thiazole rings is 1. The zero-order chi connectivity index (χ0) is 14.5. The van der Waals surface area contributed by atoms with Crippen molar-refractivity contribution >= 4 is 11.3 Å². The predicted octanol–water partition coefficient (Wildman–Crippen LogP) is 3.14. The van der Waals surface area contributed by atoms with Gasteiger partial charge >= 0.3 is 0 Å². The van der Waals surface area contributed by atoms with Crippen LogP contribution in [-0.2, 0) is 6.42 Å². The van der Waals surface area contributed by atoms with Crippen molar-refractivity contribution in [3.8, 4) is 0 Å². The molecule has 1 unspecified atom stereocenters. The normalized spacial score (nSPS) is 12.6. The van der Waals surface area contributed by atoms with Crippen LogP contribution in [0, 0.1) is 20.8 Å². The first-order valence-corrected chi connectivity index (χ1v) is 7.93. The van der Waals surface area contributed by atoms with Crippen molar-refractivity contribution < 1.29 is 0 Å². The zero-order valence-electron chi connectivity index (χ0n) is 12.6. The monoisotopic (exact) mass is 290 g/mol. The molecule has 0 radical (unpaired) electrons. The number of nitrogens with one attached hydrogen (secondary N) is 1. The molecular weight excluding hydrogens is 268 g/mol.